The number of aliphatic hydroxyl groups is 1. The molecule has 0 aromatic heterocycles. The molecule has 2 rings (SSSR count). The van der Waals surface area contributed by atoms with Gasteiger partial charge in [0.2, 0.25) is 0 Å². The Morgan fingerprint density at radius 2 is 1.87 bits per heavy atom. The van der Waals surface area contributed by atoms with Crippen molar-refractivity contribution >= 4 is 11.8 Å². The Morgan fingerprint density at radius 1 is 1.07 bits per heavy atom. The van der Waals surface area contributed by atoms with E-state index >= 15 is 0 Å². The van der Waals surface area contributed by atoms with Crippen LogP contribution >= 0.6 is 11.8 Å². The van der Waals surface area contributed by atoms with Crippen LogP contribution in [0.15, 0.2) is 58.3 Å². The van der Waals surface area contributed by atoms with Crippen LogP contribution in [0.3, 0.4) is 0 Å². The van der Waals surface area contributed by atoms with Gasteiger partial charge in [0.05, 0.1) is 6.61 Å². The highest BCUT2D eigenvalue weighted by Gasteiger charge is 2.01. The quantitative estimate of drug-likeness (QED) is 0.848. The summed E-state index contributed by atoms with van der Waals surface area (Å²) in [5, 5.41) is 9.17. The summed E-state index contributed by atoms with van der Waals surface area (Å²) in [4.78, 5) is 2.15. The monoisotopic (exact) mass is 215 g/mol. The second-order valence-corrected chi connectivity index (χ2v) is 4.18. The van der Waals surface area contributed by atoms with Crippen LogP contribution in [0, 0.1) is 6.07 Å². The molecule has 0 saturated heterocycles. The molecule has 75 valence electrons. The fourth-order valence-corrected chi connectivity index (χ4v) is 2.21. The lowest BCUT2D eigenvalue weighted by Gasteiger charge is -2.05. The molecular weight excluding hydrogens is 204 g/mol. The van der Waals surface area contributed by atoms with E-state index in [4.69, 9.17) is 0 Å². The van der Waals surface area contributed by atoms with E-state index < -0.39 is 0 Å². The summed E-state index contributed by atoms with van der Waals surface area (Å²) < 4.78 is 0. The summed E-state index contributed by atoms with van der Waals surface area (Å²) in [7, 11) is 0. The van der Waals surface area contributed by atoms with Crippen molar-refractivity contribution in [1.82, 2.24) is 0 Å². The highest BCUT2D eigenvalue weighted by atomic mass is 32.2. The lowest BCUT2D eigenvalue weighted by Crippen LogP contribution is -1.86. The maximum absolute atomic E-state index is 9.17. The van der Waals surface area contributed by atoms with Crippen LogP contribution in [0.2, 0.25) is 0 Å². The third-order valence-electron chi connectivity index (χ3n) is 2.04. The highest BCUT2D eigenvalue weighted by Crippen LogP contribution is 2.29. The normalized spacial score (nSPS) is 10.2. The largest absolute Gasteiger partial charge is 0.392 e. The molecule has 0 spiro atoms. The van der Waals surface area contributed by atoms with E-state index in [0.29, 0.717) is 0 Å². The van der Waals surface area contributed by atoms with Gasteiger partial charge in [0, 0.05) is 9.79 Å². The zero-order chi connectivity index (χ0) is 10.5. The molecule has 0 bridgehead atoms. The summed E-state index contributed by atoms with van der Waals surface area (Å²) in [6.07, 6.45) is 0. The van der Waals surface area contributed by atoms with Crippen molar-refractivity contribution in [3.8, 4) is 0 Å². The summed E-state index contributed by atoms with van der Waals surface area (Å²) in [5.74, 6) is 0. The number of hydrogen-bond donors (Lipinski definition) is 1. The van der Waals surface area contributed by atoms with Crippen LogP contribution in [-0.2, 0) is 6.61 Å². The van der Waals surface area contributed by atoms with E-state index in [-0.39, 0.29) is 6.61 Å². The van der Waals surface area contributed by atoms with E-state index in [1.807, 2.05) is 48.5 Å². The number of hydrogen-bond acceptors (Lipinski definition) is 2. The maximum Gasteiger partial charge on any atom is 0.0692 e. The zero-order valence-corrected chi connectivity index (χ0v) is 9.00. The smallest absolute Gasteiger partial charge is 0.0692 e. The second kappa shape index (κ2) is 5.01. The molecule has 2 heteroatoms. The first-order valence-electron chi connectivity index (χ1n) is 4.73. The lowest BCUT2D eigenvalue weighted by atomic mass is 10.2. The average molecular weight is 215 g/mol. The van der Waals surface area contributed by atoms with Crippen molar-refractivity contribution in [2.24, 2.45) is 0 Å². The molecule has 1 radical (unpaired) electrons. The zero-order valence-electron chi connectivity index (χ0n) is 8.18. The van der Waals surface area contributed by atoms with Gasteiger partial charge in [0.25, 0.3) is 0 Å². The van der Waals surface area contributed by atoms with Crippen LogP contribution < -0.4 is 0 Å². The molecule has 0 unspecified atom stereocenters. The first-order chi connectivity index (χ1) is 7.40. The number of rotatable bonds is 3. The Balaban J connectivity index is 2.24. The number of benzene rings is 2. The van der Waals surface area contributed by atoms with Gasteiger partial charge in [-0.1, -0.05) is 48.2 Å². The van der Waals surface area contributed by atoms with Gasteiger partial charge in [-0.15, -0.1) is 0 Å². The summed E-state index contributed by atoms with van der Waals surface area (Å²) in [6, 6.07) is 18.8. The van der Waals surface area contributed by atoms with Gasteiger partial charge in [0.1, 0.15) is 0 Å². The topological polar surface area (TPSA) is 20.2 Å². The molecule has 0 saturated carbocycles. The average Bonchev–Trinajstić information content (AvgIpc) is 2.31. The SMILES string of the molecule is OCc1ccccc1Sc1[c]cccc1. The Labute approximate surface area is 93.8 Å². The standard InChI is InChI=1S/C13H11OS/c14-10-11-6-4-5-9-13(11)15-12-7-2-1-3-8-12/h1-7,9,14H,10H2. The molecule has 0 atom stereocenters. The third-order valence-corrected chi connectivity index (χ3v) is 3.14. The Hall–Kier alpha value is -1.25. The van der Waals surface area contributed by atoms with Crippen LogP contribution in [0.4, 0.5) is 0 Å². The molecule has 1 N–H and O–H groups in total. The van der Waals surface area contributed by atoms with Gasteiger partial charge >= 0.3 is 0 Å². The minimum atomic E-state index is 0.0794. The summed E-state index contributed by atoms with van der Waals surface area (Å²) in [5.41, 5.74) is 0.958. The van der Waals surface area contributed by atoms with Crippen molar-refractivity contribution < 1.29 is 5.11 Å². The Bertz CT molecular complexity index is 426. The van der Waals surface area contributed by atoms with Gasteiger partial charge in [-0.3, -0.25) is 0 Å². The first-order valence-corrected chi connectivity index (χ1v) is 5.55. The first kappa shape index (κ1) is 10.3. The molecule has 1 nitrogen and oxygen atoms in total. The van der Waals surface area contributed by atoms with Crippen molar-refractivity contribution in [2.75, 3.05) is 0 Å². The molecule has 2 aromatic rings. The molecular formula is C13H11OS. The van der Waals surface area contributed by atoms with Gasteiger partial charge in [-0.25, -0.2) is 0 Å². The summed E-state index contributed by atoms with van der Waals surface area (Å²) in [6.45, 7) is 0.0794. The molecule has 0 aliphatic carbocycles. The lowest BCUT2D eigenvalue weighted by molar-refractivity contribution is 0.279. The van der Waals surface area contributed by atoms with Crippen LogP contribution in [0.25, 0.3) is 0 Å². The molecule has 0 aliphatic heterocycles. The van der Waals surface area contributed by atoms with Crippen LogP contribution in [0.5, 0.6) is 0 Å². The van der Waals surface area contributed by atoms with E-state index in [9.17, 15) is 5.11 Å². The van der Waals surface area contributed by atoms with Crippen molar-refractivity contribution in [3.05, 3.63) is 60.2 Å². The minimum Gasteiger partial charge on any atom is -0.392 e. The van der Waals surface area contributed by atoms with Crippen LogP contribution in [0.1, 0.15) is 5.56 Å². The fourth-order valence-electron chi connectivity index (χ4n) is 1.29. The summed E-state index contributed by atoms with van der Waals surface area (Å²) >= 11 is 1.62. The van der Waals surface area contributed by atoms with E-state index in [1.165, 1.54) is 0 Å². The Kier molecular flexibility index (Phi) is 3.43. The maximum atomic E-state index is 9.17. The van der Waals surface area contributed by atoms with E-state index in [1.54, 1.807) is 11.8 Å². The van der Waals surface area contributed by atoms with Gasteiger partial charge in [0.15, 0.2) is 0 Å². The minimum absolute atomic E-state index is 0.0794. The molecule has 0 aliphatic rings. The fraction of sp³-hybridized carbons (Fsp3) is 0.0769. The predicted octanol–water partition coefficient (Wildman–Crippen LogP) is 3.13. The highest BCUT2D eigenvalue weighted by molar-refractivity contribution is 7.99. The van der Waals surface area contributed by atoms with E-state index in [2.05, 4.69) is 6.07 Å². The van der Waals surface area contributed by atoms with Gasteiger partial charge in [-0.05, 0) is 23.8 Å². The molecule has 0 amide bonds. The molecule has 0 fully saturated rings. The third kappa shape index (κ3) is 2.61. The van der Waals surface area contributed by atoms with Crippen molar-refractivity contribution in [1.29, 1.82) is 0 Å². The Morgan fingerprint density at radius 3 is 2.60 bits per heavy atom. The van der Waals surface area contributed by atoms with Crippen LogP contribution in [-0.4, -0.2) is 5.11 Å². The second-order valence-electron chi connectivity index (χ2n) is 3.09. The molecule has 0 heterocycles. The number of aliphatic hydroxyl groups excluding tert-OH is 1. The van der Waals surface area contributed by atoms with Crippen molar-refractivity contribution in [3.63, 3.8) is 0 Å². The van der Waals surface area contributed by atoms with Gasteiger partial charge < -0.3 is 5.11 Å². The van der Waals surface area contributed by atoms with Crippen molar-refractivity contribution in [2.45, 2.75) is 16.4 Å². The van der Waals surface area contributed by atoms with Gasteiger partial charge in [-0.2, -0.15) is 0 Å². The van der Waals surface area contributed by atoms with E-state index in [0.717, 1.165) is 15.4 Å². The molecule has 15 heavy (non-hydrogen) atoms. The molecule has 2 aromatic carbocycles. The predicted molar refractivity (Wildman–Crippen MR) is 61.8 cm³/mol.